The number of nitrogens with one attached hydrogen (secondary N) is 1. The lowest BCUT2D eigenvalue weighted by atomic mass is 9.98. The van der Waals surface area contributed by atoms with Gasteiger partial charge in [0.25, 0.3) is 0 Å². The van der Waals surface area contributed by atoms with Crippen LogP contribution in [0.25, 0.3) is 11.1 Å². The van der Waals surface area contributed by atoms with Crippen LogP contribution in [-0.4, -0.2) is 36.9 Å². The Morgan fingerprint density at radius 2 is 1.64 bits per heavy atom. The highest BCUT2D eigenvalue weighted by Gasteiger charge is 2.30. The Kier molecular flexibility index (Phi) is 6.96. The van der Waals surface area contributed by atoms with Gasteiger partial charge in [-0.25, -0.2) is 9.59 Å². The molecule has 0 aliphatic heterocycles. The van der Waals surface area contributed by atoms with Crippen LogP contribution in [0.15, 0.2) is 66.7 Å². The van der Waals surface area contributed by atoms with Gasteiger partial charge in [0, 0.05) is 24.5 Å². The number of rotatable bonds is 8. The van der Waals surface area contributed by atoms with Gasteiger partial charge in [-0.1, -0.05) is 66.2 Å². The van der Waals surface area contributed by atoms with Gasteiger partial charge >= 0.3 is 12.1 Å². The van der Waals surface area contributed by atoms with Crippen molar-refractivity contribution in [3.05, 3.63) is 94.0 Å². The van der Waals surface area contributed by atoms with E-state index >= 15 is 0 Å². The number of fused-ring (bicyclic) bond motifs is 3. The van der Waals surface area contributed by atoms with Crippen molar-refractivity contribution < 1.29 is 24.2 Å². The Morgan fingerprint density at radius 1 is 1.00 bits per heavy atom. The predicted octanol–water partition coefficient (Wildman–Crippen LogP) is 5.02. The molecule has 0 unspecified atom stereocenters. The zero-order valence-electron chi connectivity index (χ0n) is 18.1. The number of hydrogen-bond acceptors (Lipinski definition) is 4. The summed E-state index contributed by atoms with van der Waals surface area (Å²) in [5.41, 5.74) is 5.92. The van der Waals surface area contributed by atoms with Crippen LogP contribution < -0.4 is 5.32 Å². The number of carbonyl (C=O) groups excluding carboxylic acids is 1. The van der Waals surface area contributed by atoms with Gasteiger partial charge < -0.3 is 19.9 Å². The molecular weight excluding hydrogens is 442 g/mol. The summed E-state index contributed by atoms with van der Waals surface area (Å²) in [5, 5.41) is 12.6. The molecule has 6 nitrogen and oxygen atoms in total. The van der Waals surface area contributed by atoms with Crippen molar-refractivity contribution in [2.45, 2.75) is 25.0 Å². The van der Waals surface area contributed by atoms with E-state index < -0.39 is 18.1 Å². The molecule has 170 valence electrons. The highest BCUT2D eigenvalue weighted by molar-refractivity contribution is 6.30. The molecule has 1 amide bonds. The van der Waals surface area contributed by atoms with Gasteiger partial charge in [0.1, 0.15) is 12.6 Å². The van der Waals surface area contributed by atoms with Crippen LogP contribution in [0.3, 0.4) is 0 Å². The maximum atomic E-state index is 12.6. The molecule has 4 rings (SSSR count). The largest absolute Gasteiger partial charge is 0.480 e. The second kappa shape index (κ2) is 10.1. The van der Waals surface area contributed by atoms with Gasteiger partial charge in [0.15, 0.2) is 0 Å². The summed E-state index contributed by atoms with van der Waals surface area (Å²) in [4.78, 5) is 24.4. The van der Waals surface area contributed by atoms with Gasteiger partial charge in [-0.15, -0.1) is 0 Å². The number of aliphatic carboxylic acids is 1. The lowest BCUT2D eigenvalue weighted by Crippen LogP contribution is -2.43. The number of ether oxygens (including phenoxy) is 2. The van der Waals surface area contributed by atoms with E-state index in [2.05, 4.69) is 17.4 Å². The number of amides is 1. The maximum absolute atomic E-state index is 12.6. The zero-order valence-corrected chi connectivity index (χ0v) is 18.8. The number of carboxylic acid groups (broad SMARTS) is 1. The molecule has 1 aliphatic rings. The topological polar surface area (TPSA) is 84.9 Å². The normalized spacial score (nSPS) is 13.2. The highest BCUT2D eigenvalue weighted by atomic mass is 35.5. The molecule has 0 fully saturated rings. The summed E-state index contributed by atoms with van der Waals surface area (Å²) in [5.74, 6) is -1.26. The van der Waals surface area contributed by atoms with Crippen molar-refractivity contribution in [2.75, 3.05) is 13.7 Å². The van der Waals surface area contributed by atoms with Crippen LogP contribution in [0.2, 0.25) is 5.02 Å². The van der Waals surface area contributed by atoms with E-state index in [9.17, 15) is 14.7 Å². The first-order chi connectivity index (χ1) is 16.0. The molecule has 0 saturated carbocycles. The van der Waals surface area contributed by atoms with Crippen LogP contribution in [-0.2, 0) is 27.3 Å². The van der Waals surface area contributed by atoms with Crippen LogP contribution >= 0.6 is 11.6 Å². The Labute approximate surface area is 197 Å². The first-order valence-electron chi connectivity index (χ1n) is 10.6. The van der Waals surface area contributed by atoms with Crippen molar-refractivity contribution in [3.63, 3.8) is 0 Å². The summed E-state index contributed by atoms with van der Waals surface area (Å²) >= 11 is 6.09. The van der Waals surface area contributed by atoms with Gasteiger partial charge in [-0.05, 0) is 45.5 Å². The molecule has 1 atom stereocenters. The van der Waals surface area contributed by atoms with Gasteiger partial charge in [-0.3, -0.25) is 0 Å². The molecule has 1 aliphatic carbocycles. The molecular formula is C26H24ClNO5. The number of benzene rings is 3. The molecule has 0 aromatic heterocycles. The fourth-order valence-electron chi connectivity index (χ4n) is 4.28. The molecule has 0 saturated heterocycles. The minimum Gasteiger partial charge on any atom is -0.480 e. The van der Waals surface area contributed by atoms with Crippen LogP contribution in [0.4, 0.5) is 4.79 Å². The third-order valence-corrected chi connectivity index (χ3v) is 6.06. The van der Waals surface area contributed by atoms with Crippen molar-refractivity contribution in [3.8, 4) is 11.1 Å². The van der Waals surface area contributed by atoms with Gasteiger partial charge in [0.05, 0.1) is 6.61 Å². The number of alkyl carbamates (subject to hydrolysis) is 1. The molecule has 33 heavy (non-hydrogen) atoms. The molecule has 3 aromatic rings. The fourth-order valence-corrected chi connectivity index (χ4v) is 4.48. The Balaban J connectivity index is 1.45. The van der Waals surface area contributed by atoms with E-state index in [1.54, 1.807) is 25.3 Å². The van der Waals surface area contributed by atoms with Crippen molar-refractivity contribution in [1.82, 2.24) is 5.32 Å². The minimum absolute atomic E-state index is 0.0543. The highest BCUT2D eigenvalue weighted by Crippen LogP contribution is 2.44. The predicted molar refractivity (Wildman–Crippen MR) is 125 cm³/mol. The summed E-state index contributed by atoms with van der Waals surface area (Å²) in [7, 11) is 1.56. The Hall–Kier alpha value is -3.35. The summed E-state index contributed by atoms with van der Waals surface area (Å²) < 4.78 is 10.7. The van der Waals surface area contributed by atoms with Crippen molar-refractivity contribution in [1.29, 1.82) is 0 Å². The van der Waals surface area contributed by atoms with E-state index in [4.69, 9.17) is 21.1 Å². The van der Waals surface area contributed by atoms with Gasteiger partial charge in [-0.2, -0.15) is 0 Å². The SMILES string of the molecule is COCc1ccc(Cl)cc1C[C@H](NC(=O)OCC1c2ccccc2-c2ccccc21)C(=O)O. The fraction of sp³-hybridized carbons (Fsp3) is 0.231. The van der Waals surface area contributed by atoms with Crippen LogP contribution in [0.1, 0.15) is 28.2 Å². The van der Waals surface area contributed by atoms with Crippen molar-refractivity contribution in [2.24, 2.45) is 0 Å². The molecule has 0 heterocycles. The lowest BCUT2D eigenvalue weighted by molar-refractivity contribution is -0.139. The number of methoxy groups -OCH3 is 1. The van der Waals surface area contributed by atoms with Crippen LogP contribution in [0, 0.1) is 0 Å². The molecule has 7 heteroatoms. The Morgan fingerprint density at radius 3 is 2.24 bits per heavy atom. The molecule has 3 aromatic carbocycles. The number of hydrogen-bond donors (Lipinski definition) is 2. The van der Waals surface area contributed by atoms with E-state index in [0.29, 0.717) is 17.2 Å². The van der Waals surface area contributed by atoms with Crippen molar-refractivity contribution >= 4 is 23.7 Å². The quantitative estimate of drug-likeness (QED) is 0.488. The third-order valence-electron chi connectivity index (χ3n) is 5.83. The Bertz CT molecular complexity index is 1130. The second-order valence-electron chi connectivity index (χ2n) is 7.91. The van der Waals surface area contributed by atoms with E-state index in [1.165, 1.54) is 0 Å². The molecule has 0 radical (unpaired) electrons. The summed E-state index contributed by atoms with van der Waals surface area (Å²) in [6.07, 6.45) is -0.724. The summed E-state index contributed by atoms with van der Waals surface area (Å²) in [6.45, 7) is 0.419. The van der Waals surface area contributed by atoms with Crippen LogP contribution in [0.5, 0.6) is 0 Å². The number of halogens is 1. The smallest absolute Gasteiger partial charge is 0.407 e. The number of carboxylic acids is 1. The summed E-state index contributed by atoms with van der Waals surface area (Å²) in [6, 6.07) is 20.1. The number of carbonyl (C=O) groups is 2. The average molecular weight is 466 g/mol. The van der Waals surface area contributed by atoms with E-state index in [-0.39, 0.29) is 18.9 Å². The zero-order chi connectivity index (χ0) is 23.4. The monoisotopic (exact) mass is 465 g/mol. The minimum atomic E-state index is -1.17. The molecule has 0 spiro atoms. The molecule has 0 bridgehead atoms. The van der Waals surface area contributed by atoms with Gasteiger partial charge in [0.2, 0.25) is 0 Å². The maximum Gasteiger partial charge on any atom is 0.407 e. The third kappa shape index (κ3) is 5.02. The molecule has 2 N–H and O–H groups in total. The first kappa shape index (κ1) is 22.8. The lowest BCUT2D eigenvalue weighted by Gasteiger charge is -2.19. The second-order valence-corrected chi connectivity index (χ2v) is 8.35. The average Bonchev–Trinajstić information content (AvgIpc) is 3.13. The standard InChI is InChI=1S/C26H24ClNO5/c1-32-14-16-10-11-18(27)12-17(16)13-24(25(29)30)28-26(31)33-15-23-21-8-4-2-6-19(21)20-7-3-5-9-22(20)23/h2-12,23-24H,13-15H2,1H3,(H,28,31)(H,29,30)/t24-/m0/s1. The van der Waals surface area contributed by atoms with E-state index in [0.717, 1.165) is 27.8 Å². The van der Waals surface area contributed by atoms with E-state index in [1.807, 2.05) is 36.4 Å². The first-order valence-corrected chi connectivity index (χ1v) is 11.0.